The van der Waals surface area contributed by atoms with E-state index in [2.05, 4.69) is 17.2 Å². The second kappa shape index (κ2) is 10.7. The Hall–Kier alpha value is -1.98. The van der Waals surface area contributed by atoms with Crippen LogP contribution in [0.5, 0.6) is 5.75 Å². The number of aryl methyl sites for hydroxylation is 1. The summed E-state index contributed by atoms with van der Waals surface area (Å²) in [6, 6.07) is 11.2. The lowest BCUT2D eigenvalue weighted by Gasteiger charge is -2.39. The predicted octanol–water partition coefficient (Wildman–Crippen LogP) is 5.22. The van der Waals surface area contributed by atoms with Gasteiger partial charge in [0.25, 0.3) is 5.91 Å². The Morgan fingerprint density at radius 3 is 2.83 bits per heavy atom. The van der Waals surface area contributed by atoms with Crippen molar-refractivity contribution in [1.82, 2.24) is 9.88 Å². The largest absolute Gasteiger partial charge is 0.493 e. The van der Waals surface area contributed by atoms with E-state index in [0.29, 0.717) is 35.4 Å². The molecule has 7 heteroatoms. The Balaban J connectivity index is 0.00000300. The summed E-state index contributed by atoms with van der Waals surface area (Å²) in [6.07, 6.45) is 2.06. The number of likely N-dealkylation sites (tertiary alicyclic amines) is 1. The Morgan fingerprint density at radius 1 is 1.31 bits per heavy atom. The van der Waals surface area contributed by atoms with Crippen LogP contribution in [0.4, 0.5) is 5.82 Å². The van der Waals surface area contributed by atoms with Crippen LogP contribution in [-0.2, 0) is 0 Å². The van der Waals surface area contributed by atoms with E-state index in [9.17, 15) is 4.79 Å². The third-order valence-electron chi connectivity index (χ3n) is 5.08. The molecule has 1 amide bonds. The third kappa shape index (κ3) is 6.00. The highest BCUT2D eigenvalue weighted by molar-refractivity contribution is 6.31. The Morgan fingerprint density at radius 2 is 2.10 bits per heavy atom. The van der Waals surface area contributed by atoms with Gasteiger partial charge in [-0.1, -0.05) is 24.6 Å². The number of hydrogen-bond acceptors (Lipinski definition) is 4. The third-order valence-corrected chi connectivity index (χ3v) is 5.32. The van der Waals surface area contributed by atoms with Gasteiger partial charge in [-0.15, -0.1) is 12.4 Å². The van der Waals surface area contributed by atoms with Gasteiger partial charge in [-0.05, 0) is 62.9 Å². The van der Waals surface area contributed by atoms with E-state index in [1.807, 2.05) is 36.9 Å². The summed E-state index contributed by atoms with van der Waals surface area (Å²) in [5, 5.41) is 3.93. The smallest absolute Gasteiger partial charge is 0.257 e. The topological polar surface area (TPSA) is 54.5 Å². The number of halogens is 2. The standard InChI is InChI=1S/C22H28ClN3O2.ClH/c1-4-28-20-11-9-17(23)12-19(20)22(27)26-14-15(2)8-10-18(26)13-24-21-7-5-6-16(3)25-21;/h5-7,9,11-12,15,18H,4,8,10,13-14H2,1-3H3,(H,24,25);1H/t15-,18-;/m0./s1. The maximum atomic E-state index is 13.4. The molecule has 0 unspecified atom stereocenters. The lowest BCUT2D eigenvalue weighted by atomic mass is 9.93. The fourth-order valence-corrected chi connectivity index (χ4v) is 3.81. The number of aromatic nitrogens is 1. The first kappa shape index (κ1) is 23.3. The van der Waals surface area contributed by atoms with Gasteiger partial charge in [-0.2, -0.15) is 0 Å². The molecular formula is C22H29Cl2N3O2. The molecule has 1 saturated heterocycles. The molecule has 3 rings (SSSR count). The SMILES string of the molecule is CCOc1ccc(Cl)cc1C(=O)N1C[C@@H](C)CC[C@H]1CNc1cccc(C)n1.Cl. The molecule has 1 aliphatic rings. The average Bonchev–Trinajstić information content (AvgIpc) is 2.68. The Bertz CT molecular complexity index is 831. The van der Waals surface area contributed by atoms with Crippen molar-refractivity contribution in [3.05, 3.63) is 52.7 Å². The van der Waals surface area contributed by atoms with Gasteiger partial charge < -0.3 is 15.0 Å². The first-order valence-corrected chi connectivity index (χ1v) is 10.3. The van der Waals surface area contributed by atoms with Gasteiger partial charge >= 0.3 is 0 Å². The van der Waals surface area contributed by atoms with Crippen molar-refractivity contribution in [2.24, 2.45) is 5.92 Å². The fourth-order valence-electron chi connectivity index (χ4n) is 3.64. The van der Waals surface area contributed by atoms with Gasteiger partial charge in [-0.25, -0.2) is 4.98 Å². The number of amides is 1. The first-order chi connectivity index (χ1) is 13.5. The Labute approximate surface area is 184 Å². The van der Waals surface area contributed by atoms with Gasteiger partial charge in [0.1, 0.15) is 11.6 Å². The number of hydrogen-bond donors (Lipinski definition) is 1. The lowest BCUT2D eigenvalue weighted by Crippen LogP contribution is -2.49. The van der Waals surface area contributed by atoms with E-state index >= 15 is 0 Å². The molecule has 1 N–H and O–H groups in total. The number of pyridine rings is 1. The summed E-state index contributed by atoms with van der Waals surface area (Å²) in [6.45, 7) is 7.96. The van der Waals surface area contributed by atoms with Crippen molar-refractivity contribution >= 4 is 35.7 Å². The van der Waals surface area contributed by atoms with Gasteiger partial charge in [0, 0.05) is 29.8 Å². The molecule has 0 bridgehead atoms. The molecule has 1 aliphatic heterocycles. The van der Waals surface area contributed by atoms with Crippen molar-refractivity contribution in [1.29, 1.82) is 0 Å². The van der Waals surface area contributed by atoms with Gasteiger partial charge in [-0.3, -0.25) is 4.79 Å². The number of carbonyl (C=O) groups is 1. The lowest BCUT2D eigenvalue weighted by molar-refractivity contribution is 0.0561. The molecule has 0 spiro atoms. The molecule has 158 valence electrons. The predicted molar refractivity (Wildman–Crippen MR) is 121 cm³/mol. The van der Waals surface area contributed by atoms with E-state index in [0.717, 1.165) is 30.9 Å². The van der Waals surface area contributed by atoms with Crippen molar-refractivity contribution in [3.8, 4) is 5.75 Å². The minimum Gasteiger partial charge on any atom is -0.493 e. The van der Waals surface area contributed by atoms with E-state index in [1.165, 1.54) is 0 Å². The van der Waals surface area contributed by atoms with Crippen molar-refractivity contribution in [2.45, 2.75) is 39.7 Å². The second-order valence-corrected chi connectivity index (χ2v) is 7.85. The Kier molecular flexibility index (Phi) is 8.60. The normalized spacial score (nSPS) is 18.7. The molecule has 29 heavy (non-hydrogen) atoms. The van der Waals surface area contributed by atoms with Crippen LogP contribution in [0.25, 0.3) is 0 Å². The van der Waals surface area contributed by atoms with Crippen LogP contribution in [0.15, 0.2) is 36.4 Å². The van der Waals surface area contributed by atoms with Crippen LogP contribution >= 0.6 is 24.0 Å². The molecule has 0 radical (unpaired) electrons. The number of anilines is 1. The number of rotatable bonds is 6. The molecule has 2 aromatic rings. The van der Waals surface area contributed by atoms with Crippen LogP contribution in [0.3, 0.4) is 0 Å². The zero-order valence-electron chi connectivity index (χ0n) is 17.2. The van der Waals surface area contributed by atoms with Gasteiger partial charge in [0.15, 0.2) is 0 Å². The van der Waals surface area contributed by atoms with Crippen molar-refractivity contribution < 1.29 is 9.53 Å². The summed E-state index contributed by atoms with van der Waals surface area (Å²) in [5.41, 5.74) is 1.50. The van der Waals surface area contributed by atoms with Gasteiger partial charge in [0.2, 0.25) is 0 Å². The average molecular weight is 438 g/mol. The number of carbonyl (C=O) groups excluding carboxylic acids is 1. The molecule has 1 aromatic heterocycles. The van der Waals surface area contributed by atoms with Crippen LogP contribution < -0.4 is 10.1 Å². The number of ether oxygens (including phenoxy) is 1. The molecule has 1 aromatic carbocycles. The number of benzene rings is 1. The number of nitrogens with zero attached hydrogens (tertiary/aromatic N) is 2. The molecule has 0 aliphatic carbocycles. The quantitative estimate of drug-likeness (QED) is 0.672. The summed E-state index contributed by atoms with van der Waals surface area (Å²) in [7, 11) is 0. The second-order valence-electron chi connectivity index (χ2n) is 7.41. The summed E-state index contributed by atoms with van der Waals surface area (Å²) >= 11 is 6.17. The molecular weight excluding hydrogens is 409 g/mol. The summed E-state index contributed by atoms with van der Waals surface area (Å²) < 4.78 is 5.68. The minimum atomic E-state index is -0.0264. The zero-order valence-corrected chi connectivity index (χ0v) is 18.7. The maximum Gasteiger partial charge on any atom is 0.257 e. The summed E-state index contributed by atoms with van der Waals surface area (Å²) in [4.78, 5) is 19.9. The highest BCUT2D eigenvalue weighted by atomic mass is 35.5. The molecule has 2 heterocycles. The highest BCUT2D eigenvalue weighted by Gasteiger charge is 2.32. The van der Waals surface area contributed by atoms with Gasteiger partial charge in [0.05, 0.1) is 12.2 Å². The number of piperidine rings is 1. The molecule has 5 nitrogen and oxygen atoms in total. The van der Waals surface area contributed by atoms with E-state index in [4.69, 9.17) is 16.3 Å². The monoisotopic (exact) mass is 437 g/mol. The number of nitrogens with one attached hydrogen (secondary N) is 1. The zero-order chi connectivity index (χ0) is 20.1. The van der Waals surface area contributed by atoms with Crippen LogP contribution in [-0.4, -0.2) is 41.5 Å². The minimum absolute atomic E-state index is 0. The maximum absolute atomic E-state index is 13.4. The fraction of sp³-hybridized carbons (Fsp3) is 0.455. The van der Waals surface area contributed by atoms with E-state index in [-0.39, 0.29) is 24.4 Å². The van der Waals surface area contributed by atoms with Crippen LogP contribution in [0.1, 0.15) is 42.7 Å². The first-order valence-electron chi connectivity index (χ1n) is 9.88. The van der Waals surface area contributed by atoms with E-state index in [1.54, 1.807) is 18.2 Å². The van der Waals surface area contributed by atoms with Crippen LogP contribution in [0.2, 0.25) is 5.02 Å². The molecule has 2 atom stereocenters. The van der Waals surface area contributed by atoms with Crippen molar-refractivity contribution in [3.63, 3.8) is 0 Å². The highest BCUT2D eigenvalue weighted by Crippen LogP contribution is 2.29. The molecule has 1 fully saturated rings. The summed E-state index contributed by atoms with van der Waals surface area (Å²) in [5.74, 6) is 1.86. The molecule has 0 saturated carbocycles. The van der Waals surface area contributed by atoms with Crippen molar-refractivity contribution in [2.75, 3.05) is 25.0 Å². The van der Waals surface area contributed by atoms with E-state index < -0.39 is 0 Å². The van der Waals surface area contributed by atoms with Crippen LogP contribution in [0, 0.1) is 12.8 Å².